The van der Waals surface area contributed by atoms with E-state index in [0.29, 0.717) is 15.8 Å². The number of benzene rings is 1. The van der Waals surface area contributed by atoms with Crippen molar-refractivity contribution >= 4 is 15.9 Å². The van der Waals surface area contributed by atoms with Crippen LogP contribution in [-0.2, 0) is 6.18 Å². The Balaban J connectivity index is 2.46. The number of nitrogens with zero attached hydrogens (tertiary/aromatic N) is 1. The molecule has 0 atom stereocenters. The summed E-state index contributed by atoms with van der Waals surface area (Å²) < 4.78 is 42.5. The predicted octanol–water partition coefficient (Wildman–Crippen LogP) is 4.12. The number of rotatable bonds is 1. The van der Waals surface area contributed by atoms with Gasteiger partial charge in [-0.1, -0.05) is 15.9 Å². The fraction of sp³-hybridized carbons (Fsp3) is 0.100. The van der Waals surface area contributed by atoms with Gasteiger partial charge in [0.15, 0.2) is 12.2 Å². The average molecular weight is 292 g/mol. The van der Waals surface area contributed by atoms with Crippen LogP contribution in [0.5, 0.6) is 0 Å². The van der Waals surface area contributed by atoms with E-state index in [0.717, 1.165) is 12.1 Å². The van der Waals surface area contributed by atoms with E-state index in [9.17, 15) is 13.2 Å². The van der Waals surface area contributed by atoms with Gasteiger partial charge in [-0.3, -0.25) is 0 Å². The van der Waals surface area contributed by atoms with Crippen molar-refractivity contribution in [1.82, 2.24) is 4.98 Å². The van der Waals surface area contributed by atoms with Gasteiger partial charge >= 0.3 is 6.18 Å². The number of alkyl halides is 3. The van der Waals surface area contributed by atoms with Gasteiger partial charge in [0, 0.05) is 10.0 Å². The highest BCUT2D eigenvalue weighted by Gasteiger charge is 2.31. The molecule has 0 unspecified atom stereocenters. The van der Waals surface area contributed by atoms with Crippen LogP contribution in [0.15, 0.2) is 39.7 Å². The minimum absolute atomic E-state index is 0.319. The molecule has 2 nitrogen and oxygen atoms in total. The third kappa shape index (κ3) is 2.11. The lowest BCUT2D eigenvalue weighted by Gasteiger charge is -2.08. The lowest BCUT2D eigenvalue weighted by atomic mass is 10.1. The van der Waals surface area contributed by atoms with E-state index in [-0.39, 0.29) is 0 Å². The van der Waals surface area contributed by atoms with Gasteiger partial charge in [-0.25, -0.2) is 4.98 Å². The topological polar surface area (TPSA) is 26.0 Å². The van der Waals surface area contributed by atoms with Crippen molar-refractivity contribution in [2.75, 3.05) is 0 Å². The smallest absolute Gasteiger partial charge is 0.416 e. The van der Waals surface area contributed by atoms with Crippen molar-refractivity contribution in [1.29, 1.82) is 0 Å². The summed E-state index contributed by atoms with van der Waals surface area (Å²) in [6, 6.07) is 3.36. The maximum absolute atomic E-state index is 12.4. The summed E-state index contributed by atoms with van der Waals surface area (Å²) in [5.74, 6) is 0.417. The second-order valence-corrected chi connectivity index (χ2v) is 3.91. The van der Waals surface area contributed by atoms with E-state index in [4.69, 9.17) is 4.42 Å². The second-order valence-electron chi connectivity index (χ2n) is 3.06. The molecule has 1 heterocycles. The monoisotopic (exact) mass is 291 g/mol. The molecule has 1 aromatic heterocycles. The Morgan fingerprint density at radius 2 is 2.00 bits per heavy atom. The first-order valence-corrected chi connectivity index (χ1v) is 5.03. The molecule has 0 bridgehead atoms. The van der Waals surface area contributed by atoms with Gasteiger partial charge in [0.25, 0.3) is 0 Å². The van der Waals surface area contributed by atoms with Crippen LogP contribution in [-0.4, -0.2) is 4.98 Å². The van der Waals surface area contributed by atoms with Gasteiger partial charge in [0.2, 0.25) is 0 Å². The lowest BCUT2D eigenvalue weighted by Crippen LogP contribution is -2.04. The molecule has 0 amide bonds. The Kier molecular flexibility index (Phi) is 2.75. The van der Waals surface area contributed by atoms with Gasteiger partial charge in [-0.15, -0.1) is 0 Å². The lowest BCUT2D eigenvalue weighted by molar-refractivity contribution is -0.137. The average Bonchev–Trinajstić information content (AvgIpc) is 2.69. The maximum Gasteiger partial charge on any atom is 0.416 e. The summed E-state index contributed by atoms with van der Waals surface area (Å²) in [5, 5.41) is 0. The predicted molar refractivity (Wildman–Crippen MR) is 54.6 cm³/mol. The van der Waals surface area contributed by atoms with Crippen molar-refractivity contribution in [3.8, 4) is 11.3 Å². The van der Waals surface area contributed by atoms with Crippen molar-refractivity contribution in [3.63, 3.8) is 0 Å². The first kappa shape index (κ1) is 11.2. The molecule has 16 heavy (non-hydrogen) atoms. The summed E-state index contributed by atoms with van der Waals surface area (Å²) in [7, 11) is 0. The molecule has 0 N–H and O–H groups in total. The Hall–Kier alpha value is -1.30. The van der Waals surface area contributed by atoms with Crippen LogP contribution in [0.1, 0.15) is 5.56 Å². The van der Waals surface area contributed by atoms with E-state index in [1.807, 2.05) is 0 Å². The number of aromatic nitrogens is 1. The van der Waals surface area contributed by atoms with Crippen LogP contribution in [0.25, 0.3) is 11.3 Å². The standard InChI is InChI=1S/C10H5BrF3NO/c11-8-3-6(10(12,13)14)1-2-7(8)9-4-15-5-16-9/h1-5H. The van der Waals surface area contributed by atoms with Crippen molar-refractivity contribution in [3.05, 3.63) is 40.8 Å². The molecule has 0 spiro atoms. The Morgan fingerprint density at radius 3 is 2.50 bits per heavy atom. The largest absolute Gasteiger partial charge is 0.443 e. The fourth-order valence-corrected chi connectivity index (χ4v) is 1.81. The van der Waals surface area contributed by atoms with E-state index in [2.05, 4.69) is 20.9 Å². The van der Waals surface area contributed by atoms with Crippen molar-refractivity contribution < 1.29 is 17.6 Å². The van der Waals surface area contributed by atoms with Crippen LogP contribution in [0.3, 0.4) is 0 Å². The molecule has 0 radical (unpaired) electrons. The van der Waals surface area contributed by atoms with E-state index >= 15 is 0 Å². The van der Waals surface area contributed by atoms with Crippen LogP contribution >= 0.6 is 15.9 Å². The third-order valence-electron chi connectivity index (χ3n) is 1.99. The summed E-state index contributed by atoms with van der Waals surface area (Å²) in [5.41, 5.74) is -0.173. The molecule has 0 fully saturated rings. The molecule has 0 saturated carbocycles. The number of oxazole rings is 1. The van der Waals surface area contributed by atoms with Crippen LogP contribution < -0.4 is 0 Å². The number of hydrogen-bond acceptors (Lipinski definition) is 2. The molecule has 0 saturated heterocycles. The summed E-state index contributed by atoms with van der Waals surface area (Å²) in [6.07, 6.45) is -1.69. The zero-order valence-corrected chi connectivity index (χ0v) is 9.34. The molecule has 0 aliphatic rings. The van der Waals surface area contributed by atoms with Gasteiger partial charge in [0.1, 0.15) is 0 Å². The molecule has 1 aromatic carbocycles. The zero-order chi connectivity index (χ0) is 11.8. The minimum Gasteiger partial charge on any atom is -0.443 e. The quantitative estimate of drug-likeness (QED) is 0.790. The molecule has 2 rings (SSSR count). The third-order valence-corrected chi connectivity index (χ3v) is 2.65. The second kappa shape index (κ2) is 3.93. The minimum atomic E-state index is -4.34. The summed E-state index contributed by atoms with van der Waals surface area (Å²) >= 11 is 3.07. The molecule has 2 aromatic rings. The van der Waals surface area contributed by atoms with Crippen LogP contribution in [0.4, 0.5) is 13.2 Å². The van der Waals surface area contributed by atoms with Gasteiger partial charge < -0.3 is 4.42 Å². The van der Waals surface area contributed by atoms with Crippen molar-refractivity contribution in [2.24, 2.45) is 0 Å². The Bertz CT molecular complexity index is 493. The van der Waals surface area contributed by atoms with Crippen LogP contribution in [0.2, 0.25) is 0 Å². The SMILES string of the molecule is FC(F)(F)c1ccc(-c2cnco2)c(Br)c1. The van der Waals surface area contributed by atoms with Gasteiger partial charge in [0.05, 0.1) is 11.8 Å². The van der Waals surface area contributed by atoms with Crippen LogP contribution in [0, 0.1) is 0 Å². The molecule has 0 aliphatic carbocycles. The number of halogens is 4. The molecule has 6 heteroatoms. The number of hydrogen-bond donors (Lipinski definition) is 0. The highest BCUT2D eigenvalue weighted by Crippen LogP contribution is 2.35. The Morgan fingerprint density at radius 1 is 1.25 bits per heavy atom. The first-order valence-electron chi connectivity index (χ1n) is 4.24. The highest BCUT2D eigenvalue weighted by atomic mass is 79.9. The van der Waals surface area contributed by atoms with E-state index < -0.39 is 11.7 Å². The fourth-order valence-electron chi connectivity index (χ4n) is 1.24. The molecule has 84 valence electrons. The molecular weight excluding hydrogens is 287 g/mol. The van der Waals surface area contributed by atoms with E-state index in [1.165, 1.54) is 18.7 Å². The summed E-state index contributed by atoms with van der Waals surface area (Å²) in [4.78, 5) is 3.70. The zero-order valence-electron chi connectivity index (χ0n) is 7.75. The van der Waals surface area contributed by atoms with E-state index in [1.54, 1.807) is 0 Å². The Labute approximate surface area is 97.2 Å². The first-order chi connectivity index (χ1) is 7.48. The molecular formula is C10H5BrF3NO. The van der Waals surface area contributed by atoms with Gasteiger partial charge in [-0.05, 0) is 18.2 Å². The molecule has 0 aliphatic heterocycles. The highest BCUT2D eigenvalue weighted by molar-refractivity contribution is 9.10. The maximum atomic E-state index is 12.4. The summed E-state index contributed by atoms with van der Waals surface area (Å²) in [6.45, 7) is 0. The van der Waals surface area contributed by atoms with Crippen molar-refractivity contribution in [2.45, 2.75) is 6.18 Å². The normalized spacial score (nSPS) is 11.8. The van der Waals surface area contributed by atoms with Gasteiger partial charge in [-0.2, -0.15) is 13.2 Å².